The summed E-state index contributed by atoms with van der Waals surface area (Å²) in [4.78, 5) is 29.0. The lowest BCUT2D eigenvalue weighted by Gasteiger charge is -2.12. The van der Waals surface area contributed by atoms with Gasteiger partial charge < -0.3 is 10.8 Å². The zero-order valence-electron chi connectivity index (χ0n) is 22.4. The summed E-state index contributed by atoms with van der Waals surface area (Å²) < 4.78 is 1.96. The van der Waals surface area contributed by atoms with Crippen molar-refractivity contribution < 1.29 is 14.7 Å². The maximum Gasteiger partial charge on any atom is 0.243 e. The van der Waals surface area contributed by atoms with Gasteiger partial charge in [-0.1, -0.05) is 38.1 Å². The Morgan fingerprint density at radius 3 is 2.44 bits per heavy atom. The molecule has 0 saturated carbocycles. The number of imide groups is 1. The standard InChI is InChI=1S/C31H35N5O3/c1-21(2)23-11-13-25(14-12-23)36-26(19-29(35-36)24-6-5-17-33-20-24)7-3-4-8-30(38)34-31(39)28(32)18-22-9-15-27(37)16-10-22/h5-6,9-17,19-21,28,37H,3-4,7-8,18,32H2,1-2H3,(H,34,38,39)/t28-/m0/s1. The molecule has 2 amide bonds. The molecular formula is C31H35N5O3. The second-order valence-electron chi connectivity index (χ2n) is 10.0. The monoisotopic (exact) mass is 525 g/mol. The molecule has 0 aliphatic carbocycles. The summed E-state index contributed by atoms with van der Waals surface area (Å²) in [5, 5.41) is 16.7. The van der Waals surface area contributed by atoms with Crippen molar-refractivity contribution in [3.63, 3.8) is 0 Å². The first-order valence-electron chi connectivity index (χ1n) is 13.3. The first kappa shape index (κ1) is 27.7. The normalized spacial score (nSPS) is 11.9. The van der Waals surface area contributed by atoms with Crippen molar-refractivity contribution >= 4 is 11.8 Å². The van der Waals surface area contributed by atoms with Crippen LogP contribution < -0.4 is 11.1 Å². The summed E-state index contributed by atoms with van der Waals surface area (Å²) in [6.07, 6.45) is 6.13. The summed E-state index contributed by atoms with van der Waals surface area (Å²) in [5.74, 6) is -0.248. The molecule has 8 heteroatoms. The number of phenolic OH excluding ortho intramolecular Hbond substituents is 1. The van der Waals surface area contributed by atoms with Crippen LogP contribution in [0.25, 0.3) is 16.9 Å². The van der Waals surface area contributed by atoms with Crippen molar-refractivity contribution in [1.29, 1.82) is 0 Å². The van der Waals surface area contributed by atoms with Gasteiger partial charge in [0.2, 0.25) is 11.8 Å². The molecule has 0 bridgehead atoms. The smallest absolute Gasteiger partial charge is 0.243 e. The van der Waals surface area contributed by atoms with Gasteiger partial charge in [-0.15, -0.1) is 0 Å². The molecule has 0 aliphatic rings. The van der Waals surface area contributed by atoms with E-state index in [1.807, 2.05) is 16.8 Å². The molecule has 0 unspecified atom stereocenters. The summed E-state index contributed by atoms with van der Waals surface area (Å²) in [6, 6.07) is 20.0. The Labute approximate surface area is 228 Å². The van der Waals surface area contributed by atoms with E-state index >= 15 is 0 Å². The van der Waals surface area contributed by atoms with Gasteiger partial charge in [0.1, 0.15) is 5.75 Å². The fraction of sp³-hybridized carbons (Fsp3) is 0.290. The number of nitrogens with zero attached hydrogens (tertiary/aromatic N) is 3. The Morgan fingerprint density at radius 1 is 1.03 bits per heavy atom. The number of aromatic nitrogens is 3. The fourth-order valence-corrected chi connectivity index (χ4v) is 4.34. The number of aryl methyl sites for hydroxylation is 1. The number of carbonyl (C=O) groups is 2. The zero-order chi connectivity index (χ0) is 27.8. The maximum absolute atomic E-state index is 12.4. The van der Waals surface area contributed by atoms with E-state index in [1.165, 1.54) is 17.7 Å². The highest BCUT2D eigenvalue weighted by Crippen LogP contribution is 2.24. The van der Waals surface area contributed by atoms with Gasteiger partial charge in [-0.2, -0.15) is 5.10 Å². The molecular weight excluding hydrogens is 490 g/mol. The summed E-state index contributed by atoms with van der Waals surface area (Å²) in [5.41, 5.74) is 11.9. The molecule has 4 aromatic rings. The number of phenols is 1. The minimum atomic E-state index is -0.846. The van der Waals surface area contributed by atoms with Crippen molar-refractivity contribution in [3.05, 3.63) is 95.9 Å². The number of carbonyl (C=O) groups excluding carboxylic acids is 2. The van der Waals surface area contributed by atoms with E-state index in [0.29, 0.717) is 12.3 Å². The first-order valence-corrected chi connectivity index (χ1v) is 13.3. The SMILES string of the molecule is CC(C)c1ccc(-n2nc(-c3cccnc3)cc2CCCCC(=O)NC(=O)[C@@H](N)Cc2ccc(O)cc2)cc1. The second kappa shape index (κ2) is 13.0. The number of nitrogens with one attached hydrogen (secondary N) is 1. The number of aromatic hydroxyl groups is 1. The molecule has 0 fully saturated rings. The van der Waals surface area contributed by atoms with Crippen molar-refractivity contribution in [2.24, 2.45) is 5.73 Å². The summed E-state index contributed by atoms with van der Waals surface area (Å²) in [7, 11) is 0. The van der Waals surface area contributed by atoms with Crippen LogP contribution in [0.1, 0.15) is 55.8 Å². The molecule has 1 atom stereocenters. The predicted molar refractivity (Wildman–Crippen MR) is 151 cm³/mol. The highest BCUT2D eigenvalue weighted by Gasteiger charge is 2.17. The van der Waals surface area contributed by atoms with Gasteiger partial charge in [-0.25, -0.2) is 4.68 Å². The molecule has 8 nitrogen and oxygen atoms in total. The number of benzene rings is 2. The fourth-order valence-electron chi connectivity index (χ4n) is 4.34. The average Bonchev–Trinajstić information content (AvgIpc) is 3.37. The van der Waals surface area contributed by atoms with Crippen LogP contribution in [0.15, 0.2) is 79.1 Å². The van der Waals surface area contributed by atoms with Gasteiger partial charge in [0.05, 0.1) is 17.4 Å². The van der Waals surface area contributed by atoms with E-state index in [4.69, 9.17) is 10.8 Å². The van der Waals surface area contributed by atoms with Gasteiger partial charge in [0.15, 0.2) is 0 Å². The number of nitrogens with two attached hydrogens (primary N) is 1. The van der Waals surface area contributed by atoms with E-state index in [2.05, 4.69) is 54.5 Å². The topological polar surface area (TPSA) is 123 Å². The quantitative estimate of drug-likeness (QED) is 0.244. The number of unbranched alkanes of at least 4 members (excludes halogenated alkanes) is 1. The zero-order valence-corrected chi connectivity index (χ0v) is 22.4. The van der Waals surface area contributed by atoms with Crippen LogP contribution in [0.3, 0.4) is 0 Å². The lowest BCUT2D eigenvalue weighted by molar-refractivity contribution is -0.131. The van der Waals surface area contributed by atoms with E-state index < -0.39 is 11.9 Å². The van der Waals surface area contributed by atoms with Crippen molar-refractivity contribution in [1.82, 2.24) is 20.1 Å². The molecule has 39 heavy (non-hydrogen) atoms. The minimum Gasteiger partial charge on any atom is -0.508 e. The van der Waals surface area contributed by atoms with Crippen molar-refractivity contribution in [2.45, 2.75) is 57.9 Å². The Bertz CT molecular complexity index is 1380. The van der Waals surface area contributed by atoms with E-state index in [1.54, 1.807) is 24.5 Å². The van der Waals surface area contributed by atoms with Crippen molar-refractivity contribution in [2.75, 3.05) is 0 Å². The van der Waals surface area contributed by atoms with Crippen LogP contribution in [0, 0.1) is 0 Å². The summed E-state index contributed by atoms with van der Waals surface area (Å²) >= 11 is 0. The Balaban J connectivity index is 1.34. The third-order valence-electron chi connectivity index (χ3n) is 6.62. The Kier molecular flexibility index (Phi) is 9.22. The molecule has 0 saturated heterocycles. The number of amides is 2. The van der Waals surface area contributed by atoms with Gasteiger partial charge >= 0.3 is 0 Å². The largest absolute Gasteiger partial charge is 0.508 e. The highest BCUT2D eigenvalue weighted by atomic mass is 16.3. The first-order chi connectivity index (χ1) is 18.8. The van der Waals surface area contributed by atoms with Gasteiger partial charge in [0.25, 0.3) is 0 Å². The molecule has 4 N–H and O–H groups in total. The van der Waals surface area contributed by atoms with Gasteiger partial charge in [0, 0.05) is 30.1 Å². The van der Waals surface area contributed by atoms with Crippen LogP contribution in [0.4, 0.5) is 0 Å². The number of hydrogen-bond acceptors (Lipinski definition) is 6. The molecule has 2 aromatic heterocycles. The molecule has 0 radical (unpaired) electrons. The third-order valence-corrected chi connectivity index (χ3v) is 6.62. The molecule has 2 heterocycles. The van der Waals surface area contributed by atoms with Crippen LogP contribution in [0.2, 0.25) is 0 Å². The lowest BCUT2D eigenvalue weighted by atomic mass is 10.0. The maximum atomic E-state index is 12.4. The number of rotatable bonds is 11. The number of hydrogen-bond donors (Lipinski definition) is 3. The van der Waals surface area contributed by atoms with Crippen LogP contribution in [-0.4, -0.2) is 37.7 Å². The molecule has 0 aliphatic heterocycles. The summed E-state index contributed by atoms with van der Waals surface area (Å²) in [6.45, 7) is 4.34. The molecule has 4 rings (SSSR count). The predicted octanol–water partition coefficient (Wildman–Crippen LogP) is 4.69. The van der Waals surface area contributed by atoms with Gasteiger partial charge in [-0.3, -0.25) is 19.9 Å². The van der Waals surface area contributed by atoms with Crippen LogP contribution >= 0.6 is 0 Å². The Hall–Kier alpha value is -4.30. The number of pyridine rings is 1. The van der Waals surface area contributed by atoms with Crippen molar-refractivity contribution in [3.8, 4) is 22.7 Å². The van der Waals surface area contributed by atoms with Crippen LogP contribution in [-0.2, 0) is 22.4 Å². The third kappa shape index (κ3) is 7.61. The second-order valence-corrected chi connectivity index (χ2v) is 10.0. The van der Waals surface area contributed by atoms with E-state index in [9.17, 15) is 14.7 Å². The molecule has 202 valence electrons. The van der Waals surface area contributed by atoms with E-state index in [-0.39, 0.29) is 24.5 Å². The average molecular weight is 526 g/mol. The van der Waals surface area contributed by atoms with Crippen LogP contribution in [0.5, 0.6) is 5.75 Å². The van der Waals surface area contributed by atoms with Gasteiger partial charge in [-0.05, 0) is 85.2 Å². The van der Waals surface area contributed by atoms with E-state index in [0.717, 1.165) is 41.0 Å². The lowest BCUT2D eigenvalue weighted by Crippen LogP contribution is -2.44. The highest BCUT2D eigenvalue weighted by molar-refractivity contribution is 5.97. The molecule has 2 aromatic carbocycles. The Morgan fingerprint density at radius 2 is 1.77 bits per heavy atom. The molecule has 0 spiro atoms. The minimum absolute atomic E-state index is 0.146.